The van der Waals surface area contributed by atoms with Gasteiger partial charge in [0.25, 0.3) is 5.69 Å². The van der Waals surface area contributed by atoms with Crippen molar-refractivity contribution in [1.82, 2.24) is 9.55 Å². The van der Waals surface area contributed by atoms with Crippen molar-refractivity contribution in [3.8, 4) is 11.4 Å². The number of amides is 1. The van der Waals surface area contributed by atoms with Crippen LogP contribution in [0.25, 0.3) is 16.7 Å². The minimum absolute atomic E-state index is 0.00735. The molecule has 1 unspecified atom stereocenters. The SMILES string of the molecule is COc1ccccc1-n1c(SCC(=O)N2c3ccccc3CC2C)nc2cc([N+](=O)[O-])ccc21. The Morgan fingerprint density at radius 1 is 1.15 bits per heavy atom. The van der Waals surface area contributed by atoms with E-state index in [9.17, 15) is 14.9 Å². The van der Waals surface area contributed by atoms with Crippen molar-refractivity contribution in [1.29, 1.82) is 0 Å². The van der Waals surface area contributed by atoms with E-state index in [0.717, 1.165) is 17.8 Å². The van der Waals surface area contributed by atoms with Crippen LogP contribution in [-0.4, -0.2) is 39.3 Å². The molecular formula is C25H22N4O4S. The highest BCUT2D eigenvalue weighted by molar-refractivity contribution is 7.99. The second kappa shape index (κ2) is 8.83. The van der Waals surface area contributed by atoms with Crippen molar-refractivity contribution in [3.05, 3.63) is 82.4 Å². The quantitative estimate of drug-likeness (QED) is 0.222. The molecule has 0 N–H and O–H groups in total. The van der Waals surface area contributed by atoms with Crippen LogP contribution >= 0.6 is 11.8 Å². The third-order valence-corrected chi connectivity index (χ3v) is 6.87. The second-order valence-electron chi connectivity index (χ2n) is 8.07. The van der Waals surface area contributed by atoms with Gasteiger partial charge in [-0.25, -0.2) is 4.98 Å². The van der Waals surface area contributed by atoms with Crippen LogP contribution in [0.5, 0.6) is 5.75 Å². The fourth-order valence-electron chi connectivity index (χ4n) is 4.45. The lowest BCUT2D eigenvalue weighted by Gasteiger charge is -2.22. The number of aromatic nitrogens is 2. The molecule has 0 aliphatic carbocycles. The van der Waals surface area contributed by atoms with Crippen molar-refractivity contribution in [2.75, 3.05) is 17.8 Å². The summed E-state index contributed by atoms with van der Waals surface area (Å²) in [4.78, 5) is 30.6. The molecule has 0 fully saturated rings. The zero-order chi connectivity index (χ0) is 23.8. The number of rotatable bonds is 6. The number of anilines is 1. The van der Waals surface area contributed by atoms with Gasteiger partial charge in [-0.2, -0.15) is 0 Å². The average molecular weight is 475 g/mol. The zero-order valence-corrected chi connectivity index (χ0v) is 19.5. The maximum absolute atomic E-state index is 13.3. The van der Waals surface area contributed by atoms with E-state index in [1.807, 2.05) is 58.9 Å². The summed E-state index contributed by atoms with van der Waals surface area (Å²) in [6, 6.07) is 20.1. The Bertz CT molecular complexity index is 1420. The van der Waals surface area contributed by atoms with Gasteiger partial charge in [0.1, 0.15) is 5.75 Å². The number of hydrogen-bond donors (Lipinski definition) is 0. The minimum atomic E-state index is -0.440. The first kappa shape index (κ1) is 22.0. The van der Waals surface area contributed by atoms with Gasteiger partial charge >= 0.3 is 0 Å². The van der Waals surface area contributed by atoms with Gasteiger partial charge in [-0.15, -0.1) is 0 Å². The van der Waals surface area contributed by atoms with Crippen LogP contribution in [-0.2, 0) is 11.2 Å². The van der Waals surface area contributed by atoms with Gasteiger partial charge in [0.05, 0.1) is 34.5 Å². The standard InChI is InChI=1S/C25H22N4O4S/c1-16-13-17-7-3-4-8-20(17)27(16)24(30)15-34-25-26-19-14-18(29(31)32)11-12-21(19)28(25)22-9-5-6-10-23(22)33-2/h3-12,14,16H,13,15H2,1-2H3. The summed E-state index contributed by atoms with van der Waals surface area (Å²) in [5, 5.41) is 11.9. The highest BCUT2D eigenvalue weighted by atomic mass is 32.2. The van der Waals surface area contributed by atoms with Crippen LogP contribution in [0, 0.1) is 10.1 Å². The Kier molecular flexibility index (Phi) is 5.70. The highest BCUT2D eigenvalue weighted by Crippen LogP contribution is 2.36. The number of hydrogen-bond acceptors (Lipinski definition) is 6. The zero-order valence-electron chi connectivity index (χ0n) is 18.7. The van der Waals surface area contributed by atoms with E-state index in [1.54, 1.807) is 13.2 Å². The van der Waals surface area contributed by atoms with E-state index >= 15 is 0 Å². The molecule has 0 saturated heterocycles. The Labute approximate surface area is 200 Å². The van der Waals surface area contributed by atoms with Gasteiger partial charge in [0, 0.05) is 23.9 Å². The first-order valence-electron chi connectivity index (χ1n) is 10.8. The molecule has 5 rings (SSSR count). The number of imidazole rings is 1. The van der Waals surface area contributed by atoms with Crippen molar-refractivity contribution < 1.29 is 14.5 Å². The number of non-ortho nitro benzene ring substituents is 1. The van der Waals surface area contributed by atoms with Crippen molar-refractivity contribution in [2.45, 2.75) is 24.5 Å². The molecule has 1 atom stereocenters. The van der Waals surface area contributed by atoms with E-state index in [-0.39, 0.29) is 23.4 Å². The number of fused-ring (bicyclic) bond motifs is 2. The normalized spacial score (nSPS) is 14.9. The number of carbonyl (C=O) groups excluding carboxylic acids is 1. The fraction of sp³-hybridized carbons (Fsp3) is 0.200. The lowest BCUT2D eigenvalue weighted by Crippen LogP contribution is -2.37. The number of para-hydroxylation sites is 3. The second-order valence-corrected chi connectivity index (χ2v) is 9.01. The molecule has 0 radical (unpaired) electrons. The smallest absolute Gasteiger partial charge is 0.271 e. The molecule has 1 aliphatic heterocycles. The Balaban J connectivity index is 1.52. The van der Waals surface area contributed by atoms with Crippen LogP contribution < -0.4 is 9.64 Å². The van der Waals surface area contributed by atoms with E-state index in [0.29, 0.717) is 21.9 Å². The van der Waals surface area contributed by atoms with Crippen molar-refractivity contribution in [3.63, 3.8) is 0 Å². The molecule has 172 valence electrons. The topological polar surface area (TPSA) is 90.5 Å². The summed E-state index contributed by atoms with van der Waals surface area (Å²) in [7, 11) is 1.59. The summed E-state index contributed by atoms with van der Waals surface area (Å²) >= 11 is 1.31. The molecule has 2 heterocycles. The largest absolute Gasteiger partial charge is 0.495 e. The summed E-state index contributed by atoms with van der Waals surface area (Å²) < 4.78 is 7.44. The van der Waals surface area contributed by atoms with Crippen LogP contribution in [0.3, 0.4) is 0 Å². The number of nitrogens with zero attached hydrogens (tertiary/aromatic N) is 4. The molecule has 9 heteroatoms. The number of benzene rings is 3. The van der Waals surface area contributed by atoms with Gasteiger partial charge < -0.3 is 9.64 Å². The average Bonchev–Trinajstić information content (AvgIpc) is 3.38. The molecule has 34 heavy (non-hydrogen) atoms. The third-order valence-electron chi connectivity index (χ3n) is 5.94. The number of nitro groups is 1. The number of carbonyl (C=O) groups is 1. The molecule has 0 spiro atoms. The molecule has 3 aromatic carbocycles. The van der Waals surface area contributed by atoms with Crippen LogP contribution in [0.2, 0.25) is 0 Å². The van der Waals surface area contributed by atoms with Gasteiger partial charge in [0.2, 0.25) is 5.91 Å². The van der Waals surface area contributed by atoms with Crippen LogP contribution in [0.15, 0.2) is 71.9 Å². The number of thioether (sulfide) groups is 1. The Hall–Kier alpha value is -3.85. The summed E-state index contributed by atoms with van der Waals surface area (Å²) in [6.45, 7) is 2.05. The lowest BCUT2D eigenvalue weighted by atomic mass is 10.1. The molecule has 8 nitrogen and oxygen atoms in total. The lowest BCUT2D eigenvalue weighted by molar-refractivity contribution is -0.384. The number of nitro benzene ring substituents is 1. The maximum atomic E-state index is 13.3. The van der Waals surface area contributed by atoms with E-state index in [4.69, 9.17) is 4.74 Å². The van der Waals surface area contributed by atoms with E-state index in [2.05, 4.69) is 11.1 Å². The predicted octanol–water partition coefficient (Wildman–Crippen LogP) is 5.01. The minimum Gasteiger partial charge on any atom is -0.495 e. The molecule has 0 bridgehead atoms. The molecule has 1 amide bonds. The van der Waals surface area contributed by atoms with E-state index in [1.165, 1.54) is 29.5 Å². The maximum Gasteiger partial charge on any atom is 0.271 e. The highest BCUT2D eigenvalue weighted by Gasteiger charge is 2.31. The molecule has 0 saturated carbocycles. The predicted molar refractivity (Wildman–Crippen MR) is 132 cm³/mol. The van der Waals surface area contributed by atoms with Crippen LogP contribution in [0.4, 0.5) is 11.4 Å². The molecule has 4 aromatic rings. The number of ether oxygens (including phenoxy) is 1. The van der Waals surface area contributed by atoms with Crippen molar-refractivity contribution >= 4 is 40.1 Å². The molecular weight excluding hydrogens is 452 g/mol. The van der Waals surface area contributed by atoms with Gasteiger partial charge in [-0.1, -0.05) is 42.1 Å². The fourth-order valence-corrected chi connectivity index (χ4v) is 5.33. The molecule has 1 aromatic heterocycles. The first-order chi connectivity index (χ1) is 16.5. The monoisotopic (exact) mass is 474 g/mol. The Morgan fingerprint density at radius 3 is 2.65 bits per heavy atom. The van der Waals surface area contributed by atoms with Gasteiger partial charge in [0.15, 0.2) is 5.16 Å². The number of methoxy groups -OCH3 is 1. The van der Waals surface area contributed by atoms with Crippen LogP contribution in [0.1, 0.15) is 12.5 Å². The molecule has 1 aliphatic rings. The summed E-state index contributed by atoms with van der Waals surface area (Å²) in [5.41, 5.74) is 4.01. The van der Waals surface area contributed by atoms with Gasteiger partial charge in [-0.3, -0.25) is 19.5 Å². The summed E-state index contributed by atoms with van der Waals surface area (Å²) in [5.74, 6) is 0.807. The third kappa shape index (κ3) is 3.77. The Morgan fingerprint density at radius 2 is 1.88 bits per heavy atom. The first-order valence-corrected chi connectivity index (χ1v) is 11.8. The van der Waals surface area contributed by atoms with Gasteiger partial charge in [-0.05, 0) is 43.2 Å². The van der Waals surface area contributed by atoms with Crippen molar-refractivity contribution in [2.24, 2.45) is 0 Å². The van der Waals surface area contributed by atoms with E-state index < -0.39 is 4.92 Å². The summed E-state index contributed by atoms with van der Waals surface area (Å²) in [6.07, 6.45) is 0.829.